The Morgan fingerprint density at radius 1 is 1.55 bits per heavy atom. The lowest BCUT2D eigenvalue weighted by molar-refractivity contribution is -0.191. The fourth-order valence-electron chi connectivity index (χ4n) is 0.648. The van der Waals surface area contributed by atoms with Gasteiger partial charge in [-0.3, -0.25) is 9.63 Å². The predicted octanol–water partition coefficient (Wildman–Crippen LogP) is 0.134. The van der Waals surface area contributed by atoms with Crippen LogP contribution in [0, 0.1) is 0 Å². The highest BCUT2D eigenvalue weighted by atomic mass is 16.7. The van der Waals surface area contributed by atoms with Crippen LogP contribution < -0.4 is 5.73 Å². The summed E-state index contributed by atoms with van der Waals surface area (Å²) < 4.78 is 0. The van der Waals surface area contributed by atoms with Gasteiger partial charge in [0, 0.05) is 13.1 Å². The maximum atomic E-state index is 10.5. The smallest absolute Gasteiger partial charge is 0.248 e. The standard InChI is InChI=1S/C7H16N2O2/c1-4-9(5-2)11-6(3)7(8)10/h6H,4-5H2,1-3H3,(H2,8,10). The molecular formula is C7H16N2O2. The van der Waals surface area contributed by atoms with E-state index in [0.717, 1.165) is 13.1 Å². The molecule has 0 fully saturated rings. The monoisotopic (exact) mass is 160 g/mol. The van der Waals surface area contributed by atoms with Crippen LogP contribution in [-0.4, -0.2) is 30.2 Å². The molecule has 0 aliphatic heterocycles. The Labute approximate surface area is 67.3 Å². The summed E-state index contributed by atoms with van der Waals surface area (Å²) in [5.41, 5.74) is 5.00. The van der Waals surface area contributed by atoms with E-state index in [1.54, 1.807) is 12.0 Å². The van der Waals surface area contributed by atoms with Gasteiger partial charge in [0.25, 0.3) is 0 Å². The average molecular weight is 160 g/mol. The Morgan fingerprint density at radius 3 is 2.27 bits per heavy atom. The molecule has 0 aliphatic carbocycles. The number of nitrogens with two attached hydrogens (primary N) is 1. The van der Waals surface area contributed by atoms with Gasteiger partial charge in [-0.15, -0.1) is 0 Å². The number of carbonyl (C=O) groups excluding carboxylic acids is 1. The van der Waals surface area contributed by atoms with Crippen molar-refractivity contribution in [3.63, 3.8) is 0 Å². The third-order valence-electron chi connectivity index (χ3n) is 1.41. The number of primary amides is 1. The van der Waals surface area contributed by atoms with Crippen molar-refractivity contribution in [1.29, 1.82) is 0 Å². The van der Waals surface area contributed by atoms with Gasteiger partial charge < -0.3 is 5.73 Å². The van der Waals surface area contributed by atoms with E-state index in [1.165, 1.54) is 0 Å². The summed E-state index contributed by atoms with van der Waals surface area (Å²) in [5.74, 6) is -0.433. The van der Waals surface area contributed by atoms with E-state index in [-0.39, 0.29) is 0 Å². The van der Waals surface area contributed by atoms with E-state index in [2.05, 4.69) is 0 Å². The van der Waals surface area contributed by atoms with Crippen LogP contribution in [0.1, 0.15) is 20.8 Å². The van der Waals surface area contributed by atoms with E-state index in [1.807, 2.05) is 13.8 Å². The van der Waals surface area contributed by atoms with Crippen LogP contribution in [0.15, 0.2) is 0 Å². The molecule has 0 aromatic rings. The first-order valence-electron chi connectivity index (χ1n) is 3.82. The molecule has 0 rings (SSSR count). The Balaban J connectivity index is 3.71. The van der Waals surface area contributed by atoms with Crippen LogP contribution in [0.25, 0.3) is 0 Å². The van der Waals surface area contributed by atoms with Crippen molar-refractivity contribution in [2.75, 3.05) is 13.1 Å². The van der Waals surface area contributed by atoms with E-state index < -0.39 is 12.0 Å². The quantitative estimate of drug-likeness (QED) is 0.582. The first-order valence-corrected chi connectivity index (χ1v) is 3.82. The number of hydroxylamine groups is 2. The average Bonchev–Trinajstić information content (AvgIpc) is 1.99. The highest BCUT2D eigenvalue weighted by Crippen LogP contribution is 1.95. The fraction of sp³-hybridized carbons (Fsp3) is 0.857. The van der Waals surface area contributed by atoms with Crippen molar-refractivity contribution in [2.24, 2.45) is 5.73 Å². The lowest BCUT2D eigenvalue weighted by atomic mass is 10.4. The normalized spacial score (nSPS) is 13.5. The second-order valence-electron chi connectivity index (χ2n) is 2.26. The number of rotatable bonds is 5. The van der Waals surface area contributed by atoms with Gasteiger partial charge in [0.15, 0.2) is 6.10 Å². The van der Waals surface area contributed by atoms with Crippen LogP contribution in [0.2, 0.25) is 0 Å². The largest absolute Gasteiger partial charge is 0.367 e. The first-order chi connectivity index (χ1) is 5.11. The van der Waals surface area contributed by atoms with Crippen molar-refractivity contribution in [3.05, 3.63) is 0 Å². The molecule has 0 heterocycles. The van der Waals surface area contributed by atoms with Crippen molar-refractivity contribution >= 4 is 5.91 Å². The molecule has 0 bridgehead atoms. The highest BCUT2D eigenvalue weighted by molar-refractivity contribution is 5.78. The van der Waals surface area contributed by atoms with Gasteiger partial charge >= 0.3 is 0 Å². The minimum atomic E-state index is -0.533. The van der Waals surface area contributed by atoms with Crippen LogP contribution in [0.3, 0.4) is 0 Å². The second-order valence-corrected chi connectivity index (χ2v) is 2.26. The molecule has 4 heteroatoms. The minimum Gasteiger partial charge on any atom is -0.367 e. The van der Waals surface area contributed by atoms with Gasteiger partial charge in [0.05, 0.1) is 0 Å². The van der Waals surface area contributed by atoms with Gasteiger partial charge in [0.2, 0.25) is 5.91 Å². The summed E-state index contributed by atoms with van der Waals surface area (Å²) in [4.78, 5) is 15.7. The van der Waals surface area contributed by atoms with Crippen LogP contribution in [-0.2, 0) is 9.63 Å². The molecule has 66 valence electrons. The number of carbonyl (C=O) groups is 1. The Kier molecular flexibility index (Phi) is 4.81. The summed E-state index contributed by atoms with van der Waals surface area (Å²) >= 11 is 0. The van der Waals surface area contributed by atoms with Gasteiger partial charge in [-0.05, 0) is 6.92 Å². The molecule has 1 unspecified atom stereocenters. The van der Waals surface area contributed by atoms with Crippen molar-refractivity contribution in [3.8, 4) is 0 Å². The van der Waals surface area contributed by atoms with Gasteiger partial charge in [-0.25, -0.2) is 0 Å². The third-order valence-corrected chi connectivity index (χ3v) is 1.41. The van der Waals surface area contributed by atoms with E-state index in [9.17, 15) is 4.79 Å². The van der Waals surface area contributed by atoms with E-state index >= 15 is 0 Å². The van der Waals surface area contributed by atoms with Crippen LogP contribution in [0.5, 0.6) is 0 Å². The number of hydrogen-bond donors (Lipinski definition) is 1. The first kappa shape index (κ1) is 10.4. The topological polar surface area (TPSA) is 55.6 Å². The predicted molar refractivity (Wildman–Crippen MR) is 42.7 cm³/mol. The molecule has 0 aromatic carbocycles. The third kappa shape index (κ3) is 3.95. The molecule has 2 N–H and O–H groups in total. The molecule has 0 saturated carbocycles. The molecule has 0 spiro atoms. The van der Waals surface area contributed by atoms with Crippen molar-refractivity contribution in [1.82, 2.24) is 5.06 Å². The fourth-order valence-corrected chi connectivity index (χ4v) is 0.648. The number of nitrogens with zero attached hydrogens (tertiary/aromatic N) is 1. The summed E-state index contributed by atoms with van der Waals surface area (Å²) in [5, 5.41) is 1.69. The van der Waals surface area contributed by atoms with E-state index in [0.29, 0.717) is 0 Å². The Morgan fingerprint density at radius 2 is 2.00 bits per heavy atom. The summed E-state index contributed by atoms with van der Waals surface area (Å²) in [7, 11) is 0. The summed E-state index contributed by atoms with van der Waals surface area (Å²) in [6.07, 6.45) is -0.533. The number of amides is 1. The summed E-state index contributed by atoms with van der Waals surface area (Å²) in [6.45, 7) is 7.07. The second kappa shape index (κ2) is 5.09. The molecule has 0 aliphatic rings. The molecule has 1 atom stereocenters. The van der Waals surface area contributed by atoms with Gasteiger partial charge in [-0.1, -0.05) is 13.8 Å². The Hall–Kier alpha value is -0.610. The zero-order chi connectivity index (χ0) is 8.85. The molecule has 0 aromatic heterocycles. The zero-order valence-electron chi connectivity index (χ0n) is 7.33. The summed E-state index contributed by atoms with van der Waals surface area (Å²) in [6, 6.07) is 0. The lowest BCUT2D eigenvalue weighted by Gasteiger charge is -2.20. The molecule has 11 heavy (non-hydrogen) atoms. The van der Waals surface area contributed by atoms with Gasteiger partial charge in [0.1, 0.15) is 0 Å². The SMILES string of the molecule is CCN(CC)OC(C)C(N)=O. The number of hydrogen-bond acceptors (Lipinski definition) is 3. The Bertz CT molecular complexity index is 124. The highest BCUT2D eigenvalue weighted by Gasteiger charge is 2.11. The molecular weight excluding hydrogens is 144 g/mol. The molecule has 4 nitrogen and oxygen atoms in total. The van der Waals surface area contributed by atoms with Crippen LogP contribution in [0.4, 0.5) is 0 Å². The zero-order valence-corrected chi connectivity index (χ0v) is 7.33. The molecule has 1 amide bonds. The van der Waals surface area contributed by atoms with Gasteiger partial charge in [-0.2, -0.15) is 5.06 Å². The van der Waals surface area contributed by atoms with Crippen molar-refractivity contribution in [2.45, 2.75) is 26.9 Å². The lowest BCUT2D eigenvalue weighted by Crippen LogP contribution is -2.36. The minimum absolute atomic E-state index is 0.433. The van der Waals surface area contributed by atoms with E-state index in [4.69, 9.17) is 10.6 Å². The maximum absolute atomic E-state index is 10.5. The van der Waals surface area contributed by atoms with Crippen molar-refractivity contribution < 1.29 is 9.63 Å². The maximum Gasteiger partial charge on any atom is 0.248 e. The molecule has 0 saturated heterocycles. The molecule has 0 radical (unpaired) electrons. The van der Waals surface area contributed by atoms with Crippen LogP contribution >= 0.6 is 0 Å².